The summed E-state index contributed by atoms with van der Waals surface area (Å²) in [4.78, 5) is 13.9. The van der Waals surface area contributed by atoms with Gasteiger partial charge in [-0.15, -0.1) is 0 Å². The lowest BCUT2D eigenvalue weighted by atomic mass is 10.1. The first-order valence-corrected chi connectivity index (χ1v) is 9.02. The summed E-state index contributed by atoms with van der Waals surface area (Å²) >= 11 is 0. The Balaban J connectivity index is 3.56. The Morgan fingerprint density at radius 2 is 1.68 bits per heavy atom. The van der Waals surface area contributed by atoms with E-state index in [1.165, 1.54) is 32.1 Å². The molecule has 0 aromatic carbocycles. The quantitative estimate of drug-likeness (QED) is 0.277. The molecule has 0 aliphatic carbocycles. The number of nitrogens with one attached hydrogen (secondary N) is 1. The molecule has 2 N–H and O–H groups in total. The fourth-order valence-corrected chi connectivity index (χ4v) is 2.29. The van der Waals surface area contributed by atoms with Crippen molar-refractivity contribution in [2.24, 2.45) is 0 Å². The molecule has 4 heteroatoms. The van der Waals surface area contributed by atoms with Gasteiger partial charge in [0.05, 0.1) is 6.67 Å². The van der Waals surface area contributed by atoms with E-state index in [1.54, 1.807) is 6.08 Å². The predicted molar refractivity (Wildman–Crippen MR) is 93.7 cm³/mol. The molecule has 0 atom stereocenters. The number of hydrogen-bond acceptors (Lipinski definition) is 3. The van der Waals surface area contributed by atoms with Crippen LogP contribution < -0.4 is 5.32 Å². The highest BCUT2D eigenvalue weighted by atomic mass is 16.2. The molecule has 0 radical (unpaired) electrons. The maximum Gasteiger partial charge on any atom is 0.244 e. The van der Waals surface area contributed by atoms with Gasteiger partial charge in [-0.05, 0) is 38.4 Å². The molecule has 0 aliphatic heterocycles. The first kappa shape index (κ1) is 21.1. The minimum absolute atomic E-state index is 0.00998. The van der Waals surface area contributed by atoms with Gasteiger partial charge in [-0.3, -0.25) is 9.69 Å². The van der Waals surface area contributed by atoms with Crippen LogP contribution >= 0.6 is 0 Å². The molecule has 0 heterocycles. The molecule has 4 nitrogen and oxygen atoms in total. The van der Waals surface area contributed by atoms with Crippen LogP contribution in [0.4, 0.5) is 0 Å². The van der Waals surface area contributed by atoms with Crippen LogP contribution in [0.25, 0.3) is 0 Å². The molecule has 0 bridgehead atoms. The van der Waals surface area contributed by atoms with E-state index in [1.807, 2.05) is 6.08 Å². The normalized spacial score (nSPS) is 11.5. The molecule has 0 saturated heterocycles. The standard InChI is InChI=1S/C18H36N2O2/c1-3-5-11-14-18(22)19-17-20(4-2)15-12-9-7-6-8-10-13-16-21/h11,14,21H,3-10,12-13,15-17H2,1-2H3,(H,19,22)/b14-11+. The van der Waals surface area contributed by atoms with Crippen molar-refractivity contribution in [1.29, 1.82) is 0 Å². The molecule has 0 unspecified atom stereocenters. The Kier molecular flexibility index (Phi) is 15.8. The number of nitrogens with zero attached hydrogens (tertiary/aromatic N) is 1. The van der Waals surface area contributed by atoms with E-state index < -0.39 is 0 Å². The van der Waals surface area contributed by atoms with E-state index >= 15 is 0 Å². The fraction of sp³-hybridized carbons (Fsp3) is 0.833. The van der Waals surface area contributed by atoms with Gasteiger partial charge in [0.1, 0.15) is 0 Å². The van der Waals surface area contributed by atoms with Gasteiger partial charge in [0.25, 0.3) is 0 Å². The number of allylic oxidation sites excluding steroid dienone is 1. The lowest BCUT2D eigenvalue weighted by molar-refractivity contribution is -0.117. The van der Waals surface area contributed by atoms with Crippen molar-refractivity contribution >= 4 is 5.91 Å². The smallest absolute Gasteiger partial charge is 0.244 e. The van der Waals surface area contributed by atoms with Crippen LogP contribution in [-0.2, 0) is 4.79 Å². The van der Waals surface area contributed by atoms with E-state index in [2.05, 4.69) is 24.1 Å². The molecular weight excluding hydrogens is 276 g/mol. The molecule has 0 saturated carbocycles. The van der Waals surface area contributed by atoms with Crippen molar-refractivity contribution in [2.75, 3.05) is 26.4 Å². The van der Waals surface area contributed by atoms with Crippen molar-refractivity contribution in [3.8, 4) is 0 Å². The molecule has 0 aromatic rings. The van der Waals surface area contributed by atoms with Gasteiger partial charge in [0, 0.05) is 6.61 Å². The largest absolute Gasteiger partial charge is 0.396 e. The van der Waals surface area contributed by atoms with Gasteiger partial charge in [0.2, 0.25) is 5.91 Å². The van der Waals surface area contributed by atoms with Crippen LogP contribution in [0.3, 0.4) is 0 Å². The number of carbonyl (C=O) groups excluding carboxylic acids is 1. The lowest BCUT2D eigenvalue weighted by Gasteiger charge is -2.20. The zero-order chi connectivity index (χ0) is 16.5. The van der Waals surface area contributed by atoms with Crippen LogP contribution in [0.15, 0.2) is 12.2 Å². The van der Waals surface area contributed by atoms with E-state index in [0.717, 1.165) is 38.8 Å². The highest BCUT2D eigenvalue weighted by Gasteiger charge is 2.03. The predicted octanol–water partition coefficient (Wildman–Crippen LogP) is 3.46. The molecule has 0 aliphatic rings. The first-order valence-electron chi connectivity index (χ1n) is 9.02. The van der Waals surface area contributed by atoms with Crippen molar-refractivity contribution in [3.63, 3.8) is 0 Å². The molecule has 0 spiro atoms. The van der Waals surface area contributed by atoms with Gasteiger partial charge in [-0.1, -0.05) is 58.4 Å². The Hall–Kier alpha value is -0.870. The summed E-state index contributed by atoms with van der Waals surface area (Å²) in [5.41, 5.74) is 0. The van der Waals surface area contributed by atoms with Crippen LogP contribution in [0, 0.1) is 0 Å². The fourth-order valence-electron chi connectivity index (χ4n) is 2.29. The number of unbranched alkanes of at least 4 members (excludes halogenated alkanes) is 7. The third-order valence-electron chi connectivity index (χ3n) is 3.78. The van der Waals surface area contributed by atoms with Crippen molar-refractivity contribution in [2.45, 2.75) is 71.6 Å². The highest BCUT2D eigenvalue weighted by Crippen LogP contribution is 2.07. The maximum absolute atomic E-state index is 11.6. The topological polar surface area (TPSA) is 52.6 Å². The molecular formula is C18H36N2O2. The van der Waals surface area contributed by atoms with Crippen LogP contribution in [0.1, 0.15) is 71.6 Å². The van der Waals surface area contributed by atoms with Crippen molar-refractivity contribution in [1.82, 2.24) is 10.2 Å². The Morgan fingerprint density at radius 1 is 1.05 bits per heavy atom. The van der Waals surface area contributed by atoms with Crippen LogP contribution in [0.5, 0.6) is 0 Å². The average molecular weight is 312 g/mol. The monoisotopic (exact) mass is 312 g/mol. The van der Waals surface area contributed by atoms with Crippen molar-refractivity contribution in [3.05, 3.63) is 12.2 Å². The van der Waals surface area contributed by atoms with Gasteiger partial charge in [-0.2, -0.15) is 0 Å². The summed E-state index contributed by atoms with van der Waals surface area (Å²) in [5, 5.41) is 11.6. The summed E-state index contributed by atoms with van der Waals surface area (Å²) in [6.07, 6.45) is 13.9. The van der Waals surface area contributed by atoms with E-state index in [4.69, 9.17) is 5.11 Å². The van der Waals surface area contributed by atoms with Gasteiger partial charge >= 0.3 is 0 Å². The minimum Gasteiger partial charge on any atom is -0.396 e. The van der Waals surface area contributed by atoms with Crippen molar-refractivity contribution < 1.29 is 9.90 Å². The van der Waals surface area contributed by atoms with Crippen LogP contribution in [-0.4, -0.2) is 42.3 Å². The Morgan fingerprint density at radius 3 is 2.27 bits per heavy atom. The molecule has 22 heavy (non-hydrogen) atoms. The molecule has 0 aromatic heterocycles. The first-order chi connectivity index (χ1) is 10.7. The zero-order valence-corrected chi connectivity index (χ0v) is 14.6. The number of amides is 1. The van der Waals surface area contributed by atoms with E-state index in [-0.39, 0.29) is 5.91 Å². The summed E-state index contributed by atoms with van der Waals surface area (Å²) in [5.74, 6) is 0.00998. The number of aliphatic hydroxyl groups is 1. The summed E-state index contributed by atoms with van der Waals surface area (Å²) in [6, 6.07) is 0. The second-order valence-electron chi connectivity index (χ2n) is 5.80. The third kappa shape index (κ3) is 14.1. The summed E-state index contributed by atoms with van der Waals surface area (Å²) < 4.78 is 0. The number of rotatable bonds is 15. The van der Waals surface area contributed by atoms with E-state index in [9.17, 15) is 4.79 Å². The lowest BCUT2D eigenvalue weighted by Crippen LogP contribution is -2.37. The number of carbonyl (C=O) groups is 1. The summed E-state index contributed by atoms with van der Waals surface area (Å²) in [7, 11) is 0. The molecule has 1 amide bonds. The molecule has 130 valence electrons. The van der Waals surface area contributed by atoms with Gasteiger partial charge in [0.15, 0.2) is 0 Å². The Labute approximate surface area is 137 Å². The summed E-state index contributed by atoms with van der Waals surface area (Å²) in [6.45, 7) is 7.22. The highest BCUT2D eigenvalue weighted by molar-refractivity contribution is 5.87. The number of hydrogen-bond donors (Lipinski definition) is 2. The molecule has 0 fully saturated rings. The zero-order valence-electron chi connectivity index (χ0n) is 14.6. The third-order valence-corrected chi connectivity index (χ3v) is 3.78. The Bertz CT molecular complexity index is 280. The van der Waals surface area contributed by atoms with E-state index in [0.29, 0.717) is 13.3 Å². The SMILES string of the molecule is CCC/C=C/C(=O)NCN(CC)CCCCCCCCCO. The maximum atomic E-state index is 11.6. The average Bonchev–Trinajstić information content (AvgIpc) is 2.53. The van der Waals surface area contributed by atoms with Gasteiger partial charge < -0.3 is 10.4 Å². The van der Waals surface area contributed by atoms with Crippen LogP contribution in [0.2, 0.25) is 0 Å². The van der Waals surface area contributed by atoms with Gasteiger partial charge in [-0.25, -0.2) is 0 Å². The second kappa shape index (κ2) is 16.5. The second-order valence-corrected chi connectivity index (χ2v) is 5.80. The number of aliphatic hydroxyl groups excluding tert-OH is 1. The molecule has 0 rings (SSSR count). The minimum atomic E-state index is 0.00998.